The second-order valence-electron chi connectivity index (χ2n) is 3.51. The summed E-state index contributed by atoms with van der Waals surface area (Å²) in [5, 5.41) is 0. The lowest BCUT2D eigenvalue weighted by atomic mass is 10.3. The lowest BCUT2D eigenvalue weighted by molar-refractivity contribution is 0.598. The maximum atomic E-state index is 11.6. The van der Waals surface area contributed by atoms with Crippen molar-refractivity contribution in [1.29, 1.82) is 0 Å². The number of halogens is 1. The fourth-order valence-electron chi connectivity index (χ4n) is 1.16. The van der Waals surface area contributed by atoms with Crippen LogP contribution in [0.5, 0.6) is 0 Å². The Hall–Kier alpha value is -0.750. The molecule has 90 valence electrons. The molecule has 1 aromatic carbocycles. The number of sulfonamides is 1. The van der Waals surface area contributed by atoms with Gasteiger partial charge in [-0.3, -0.25) is 4.72 Å². The van der Waals surface area contributed by atoms with E-state index in [0.717, 1.165) is 6.42 Å². The van der Waals surface area contributed by atoms with Crippen molar-refractivity contribution in [3.05, 3.63) is 22.7 Å². The van der Waals surface area contributed by atoms with Crippen LogP contribution in [-0.2, 0) is 10.0 Å². The van der Waals surface area contributed by atoms with Gasteiger partial charge in [-0.15, -0.1) is 0 Å². The van der Waals surface area contributed by atoms with Crippen LogP contribution in [0.1, 0.15) is 19.8 Å². The minimum absolute atomic E-state index is 0.144. The zero-order valence-electron chi connectivity index (χ0n) is 9.03. The number of rotatable bonds is 5. The number of nitrogens with two attached hydrogens (primary N) is 1. The molecule has 4 nitrogen and oxygen atoms in total. The Labute approximate surface area is 104 Å². The topological polar surface area (TPSA) is 72.2 Å². The lowest BCUT2D eigenvalue weighted by Gasteiger charge is -2.08. The highest BCUT2D eigenvalue weighted by Gasteiger charge is 2.09. The third-order valence-corrected chi connectivity index (χ3v) is 4.10. The molecule has 0 saturated carbocycles. The van der Waals surface area contributed by atoms with Gasteiger partial charge in [0, 0.05) is 15.8 Å². The second kappa shape index (κ2) is 5.54. The van der Waals surface area contributed by atoms with Crippen LogP contribution in [0.4, 0.5) is 11.4 Å². The second-order valence-corrected chi connectivity index (χ2v) is 6.21. The molecule has 0 amide bonds. The van der Waals surface area contributed by atoms with Gasteiger partial charge in [0.15, 0.2) is 0 Å². The average molecular weight is 307 g/mol. The molecular formula is C10H15BrN2O2S. The number of hydrogen-bond donors (Lipinski definition) is 2. The van der Waals surface area contributed by atoms with E-state index in [2.05, 4.69) is 20.7 Å². The lowest BCUT2D eigenvalue weighted by Crippen LogP contribution is -2.16. The van der Waals surface area contributed by atoms with Crippen molar-refractivity contribution >= 4 is 37.3 Å². The summed E-state index contributed by atoms with van der Waals surface area (Å²) in [5.74, 6) is 0.144. The molecule has 0 heterocycles. The summed E-state index contributed by atoms with van der Waals surface area (Å²) in [6.07, 6.45) is 1.51. The first kappa shape index (κ1) is 13.3. The van der Waals surface area contributed by atoms with Crippen LogP contribution in [0.15, 0.2) is 22.7 Å². The Morgan fingerprint density at radius 2 is 2.12 bits per heavy atom. The molecule has 0 saturated heterocycles. The fourth-order valence-corrected chi connectivity index (χ4v) is 2.79. The summed E-state index contributed by atoms with van der Waals surface area (Å²) in [5.41, 5.74) is 6.71. The molecule has 0 unspecified atom stereocenters. The summed E-state index contributed by atoms with van der Waals surface area (Å²) < 4.78 is 26.4. The van der Waals surface area contributed by atoms with Gasteiger partial charge in [0.05, 0.1) is 5.75 Å². The van der Waals surface area contributed by atoms with Gasteiger partial charge < -0.3 is 5.73 Å². The van der Waals surface area contributed by atoms with E-state index in [4.69, 9.17) is 5.73 Å². The average Bonchev–Trinajstić information content (AvgIpc) is 2.20. The molecule has 0 aromatic heterocycles. The quantitative estimate of drug-likeness (QED) is 0.821. The largest absolute Gasteiger partial charge is 0.398 e. The first-order valence-corrected chi connectivity index (χ1v) is 7.44. The van der Waals surface area contributed by atoms with Gasteiger partial charge in [-0.1, -0.05) is 13.3 Å². The van der Waals surface area contributed by atoms with E-state index in [0.29, 0.717) is 22.3 Å². The highest BCUT2D eigenvalue weighted by atomic mass is 79.9. The van der Waals surface area contributed by atoms with Crippen LogP contribution < -0.4 is 10.5 Å². The molecular weight excluding hydrogens is 292 g/mol. The minimum Gasteiger partial charge on any atom is -0.398 e. The summed E-state index contributed by atoms with van der Waals surface area (Å²) in [6, 6.07) is 4.95. The van der Waals surface area contributed by atoms with Gasteiger partial charge in [0.1, 0.15) is 0 Å². The third kappa shape index (κ3) is 4.02. The zero-order valence-corrected chi connectivity index (χ0v) is 11.4. The highest BCUT2D eigenvalue weighted by Crippen LogP contribution is 2.23. The Kier molecular flexibility index (Phi) is 4.61. The SMILES string of the molecule is CCCCS(=O)(=O)Nc1ccc(N)c(Br)c1. The number of hydrogen-bond acceptors (Lipinski definition) is 3. The van der Waals surface area contributed by atoms with Crippen molar-refractivity contribution in [3.63, 3.8) is 0 Å². The number of nitrogens with one attached hydrogen (secondary N) is 1. The van der Waals surface area contributed by atoms with Crippen molar-refractivity contribution in [3.8, 4) is 0 Å². The zero-order chi connectivity index (χ0) is 12.2. The van der Waals surface area contributed by atoms with E-state index in [1.807, 2.05) is 6.92 Å². The van der Waals surface area contributed by atoms with Crippen LogP contribution in [0.25, 0.3) is 0 Å². The van der Waals surface area contributed by atoms with E-state index in [1.165, 1.54) is 0 Å². The normalized spacial score (nSPS) is 11.4. The Bertz CT molecular complexity index is 460. The number of anilines is 2. The molecule has 1 rings (SSSR count). The number of unbranched alkanes of at least 4 members (excludes halogenated alkanes) is 1. The van der Waals surface area contributed by atoms with E-state index >= 15 is 0 Å². The molecule has 0 fully saturated rings. The maximum absolute atomic E-state index is 11.6. The summed E-state index contributed by atoms with van der Waals surface area (Å²) in [6.45, 7) is 1.95. The van der Waals surface area contributed by atoms with Crippen molar-refractivity contribution in [2.75, 3.05) is 16.2 Å². The number of nitrogen functional groups attached to an aromatic ring is 1. The molecule has 0 aliphatic heterocycles. The Morgan fingerprint density at radius 1 is 1.44 bits per heavy atom. The summed E-state index contributed by atoms with van der Waals surface area (Å²) in [4.78, 5) is 0. The smallest absolute Gasteiger partial charge is 0.232 e. The molecule has 0 aliphatic carbocycles. The van der Waals surface area contributed by atoms with E-state index < -0.39 is 10.0 Å². The van der Waals surface area contributed by atoms with Crippen molar-refractivity contribution in [2.45, 2.75) is 19.8 Å². The van der Waals surface area contributed by atoms with E-state index in [-0.39, 0.29) is 5.75 Å². The van der Waals surface area contributed by atoms with E-state index in [1.54, 1.807) is 18.2 Å². The molecule has 6 heteroatoms. The van der Waals surface area contributed by atoms with Crippen LogP contribution in [-0.4, -0.2) is 14.2 Å². The van der Waals surface area contributed by atoms with Crippen LogP contribution in [0, 0.1) is 0 Å². The predicted octanol–water partition coefficient (Wildman–Crippen LogP) is 2.57. The molecule has 0 bridgehead atoms. The molecule has 16 heavy (non-hydrogen) atoms. The highest BCUT2D eigenvalue weighted by molar-refractivity contribution is 9.10. The van der Waals surface area contributed by atoms with Gasteiger partial charge >= 0.3 is 0 Å². The van der Waals surface area contributed by atoms with Gasteiger partial charge in [0.25, 0.3) is 0 Å². The molecule has 3 N–H and O–H groups in total. The summed E-state index contributed by atoms with van der Waals surface area (Å²) in [7, 11) is -3.24. The molecule has 0 spiro atoms. The Morgan fingerprint density at radius 3 is 2.69 bits per heavy atom. The molecule has 1 aromatic rings. The first-order valence-electron chi connectivity index (χ1n) is 5.00. The van der Waals surface area contributed by atoms with Crippen molar-refractivity contribution in [1.82, 2.24) is 0 Å². The van der Waals surface area contributed by atoms with Crippen LogP contribution in [0.3, 0.4) is 0 Å². The minimum atomic E-state index is -3.24. The monoisotopic (exact) mass is 306 g/mol. The molecule has 0 aliphatic rings. The summed E-state index contributed by atoms with van der Waals surface area (Å²) >= 11 is 3.25. The Balaban J connectivity index is 2.76. The van der Waals surface area contributed by atoms with Gasteiger partial charge in [-0.2, -0.15) is 0 Å². The van der Waals surface area contributed by atoms with E-state index in [9.17, 15) is 8.42 Å². The number of benzene rings is 1. The van der Waals surface area contributed by atoms with Crippen LogP contribution in [0.2, 0.25) is 0 Å². The first-order chi connectivity index (χ1) is 7.44. The standard InChI is InChI=1S/C10H15BrN2O2S/c1-2-3-6-16(14,15)13-8-4-5-10(12)9(11)7-8/h4-5,7,13H,2-3,6,12H2,1H3. The maximum Gasteiger partial charge on any atom is 0.232 e. The van der Waals surface area contributed by atoms with Gasteiger partial charge in [-0.05, 0) is 40.5 Å². The van der Waals surface area contributed by atoms with Gasteiger partial charge in [0.2, 0.25) is 10.0 Å². The third-order valence-electron chi connectivity index (χ3n) is 2.04. The van der Waals surface area contributed by atoms with Gasteiger partial charge in [-0.25, -0.2) is 8.42 Å². The van der Waals surface area contributed by atoms with Crippen LogP contribution >= 0.6 is 15.9 Å². The molecule has 0 radical (unpaired) electrons. The molecule has 0 atom stereocenters. The van der Waals surface area contributed by atoms with Crippen molar-refractivity contribution < 1.29 is 8.42 Å². The fraction of sp³-hybridized carbons (Fsp3) is 0.400. The van der Waals surface area contributed by atoms with Crippen molar-refractivity contribution in [2.24, 2.45) is 0 Å². The predicted molar refractivity (Wildman–Crippen MR) is 70.9 cm³/mol.